The summed E-state index contributed by atoms with van der Waals surface area (Å²) in [5.41, 5.74) is 2.15. The number of rotatable bonds is 3. The largest absolute Gasteiger partial charge is 0.374 e. The number of benzene rings is 2. The Kier molecular flexibility index (Phi) is 4.34. The van der Waals surface area contributed by atoms with E-state index in [0.29, 0.717) is 5.69 Å². The summed E-state index contributed by atoms with van der Waals surface area (Å²) in [4.78, 5) is 25.1. The van der Waals surface area contributed by atoms with Gasteiger partial charge in [-0.2, -0.15) is 0 Å². The van der Waals surface area contributed by atoms with Crippen molar-refractivity contribution in [2.75, 3.05) is 23.8 Å². The molecule has 0 aromatic heterocycles. The number of carbonyl (C=O) groups is 1. The molecule has 1 heterocycles. The molecule has 8 heteroatoms. The monoisotopic (exact) mass is 365 g/mol. The van der Waals surface area contributed by atoms with Gasteiger partial charge in [0.2, 0.25) is 0 Å². The number of fused-ring (bicyclic) bond motifs is 1. The molecule has 0 fully saturated rings. The maximum Gasteiger partial charge on any atom is 0.300 e. The molecule has 24 heavy (non-hydrogen) atoms. The van der Waals surface area contributed by atoms with Crippen molar-refractivity contribution in [3.05, 3.63) is 61.6 Å². The minimum absolute atomic E-state index is 0.157. The summed E-state index contributed by atoms with van der Waals surface area (Å²) in [5.74, 6) is -0.633. The standard InChI is InChI=1S/C16H13Cl2N3O3/c1-20-5-4-9-2-3-11(8-14(9)20)19-16(22)12-6-10(17)7-13(18)15(12)21(23)24/h2-3,6-8H,4-5H2,1H3,(H,19,22). The first-order valence-electron chi connectivity index (χ1n) is 7.15. The maximum atomic E-state index is 12.5. The second-order valence-corrected chi connectivity index (χ2v) is 6.35. The van der Waals surface area contributed by atoms with Crippen molar-refractivity contribution < 1.29 is 9.72 Å². The molecular weight excluding hydrogens is 353 g/mol. The van der Waals surface area contributed by atoms with E-state index in [0.717, 1.165) is 18.7 Å². The van der Waals surface area contributed by atoms with Gasteiger partial charge < -0.3 is 10.2 Å². The molecule has 124 valence electrons. The summed E-state index contributed by atoms with van der Waals surface area (Å²) >= 11 is 11.7. The topological polar surface area (TPSA) is 75.5 Å². The highest BCUT2D eigenvalue weighted by molar-refractivity contribution is 6.37. The number of likely N-dealkylation sites (N-methyl/N-ethyl adjacent to an activating group) is 1. The minimum atomic E-state index is -0.690. The van der Waals surface area contributed by atoms with Crippen LogP contribution in [0.2, 0.25) is 10.0 Å². The summed E-state index contributed by atoms with van der Waals surface area (Å²) in [6.45, 7) is 0.919. The third-order valence-electron chi connectivity index (χ3n) is 3.93. The van der Waals surface area contributed by atoms with Crippen molar-refractivity contribution in [3.8, 4) is 0 Å². The van der Waals surface area contributed by atoms with Gasteiger partial charge in [0.05, 0.1) is 4.92 Å². The number of hydrogen-bond acceptors (Lipinski definition) is 4. The zero-order valence-electron chi connectivity index (χ0n) is 12.7. The zero-order valence-corrected chi connectivity index (χ0v) is 14.2. The van der Waals surface area contributed by atoms with E-state index in [9.17, 15) is 14.9 Å². The van der Waals surface area contributed by atoms with Crippen molar-refractivity contribution in [2.24, 2.45) is 0 Å². The minimum Gasteiger partial charge on any atom is -0.374 e. The smallest absolute Gasteiger partial charge is 0.300 e. The van der Waals surface area contributed by atoms with Gasteiger partial charge in [0.15, 0.2) is 0 Å². The zero-order chi connectivity index (χ0) is 17.4. The Labute approximate surface area is 148 Å². The van der Waals surface area contributed by atoms with Gasteiger partial charge in [0.1, 0.15) is 10.6 Å². The van der Waals surface area contributed by atoms with Crippen molar-refractivity contribution in [2.45, 2.75) is 6.42 Å². The SMILES string of the molecule is CN1CCc2ccc(NC(=O)c3cc(Cl)cc(Cl)c3[N+](=O)[O-])cc21. The lowest BCUT2D eigenvalue weighted by Crippen LogP contribution is -2.15. The number of nitrogens with one attached hydrogen (secondary N) is 1. The van der Waals surface area contributed by atoms with Crippen LogP contribution in [-0.2, 0) is 6.42 Å². The summed E-state index contributed by atoms with van der Waals surface area (Å²) in [5, 5.41) is 13.9. The third-order valence-corrected chi connectivity index (χ3v) is 4.43. The number of amides is 1. The van der Waals surface area contributed by atoms with E-state index in [4.69, 9.17) is 23.2 Å². The van der Waals surface area contributed by atoms with E-state index in [1.165, 1.54) is 17.7 Å². The van der Waals surface area contributed by atoms with Gasteiger partial charge in [0.25, 0.3) is 5.91 Å². The van der Waals surface area contributed by atoms with Crippen LogP contribution in [0.3, 0.4) is 0 Å². The fourth-order valence-corrected chi connectivity index (χ4v) is 3.30. The second kappa shape index (κ2) is 6.30. The lowest BCUT2D eigenvalue weighted by atomic mass is 10.1. The molecule has 2 aromatic carbocycles. The Hall–Kier alpha value is -2.31. The molecule has 0 aliphatic carbocycles. The average molecular weight is 366 g/mol. The molecule has 1 amide bonds. The highest BCUT2D eigenvalue weighted by Crippen LogP contribution is 2.33. The molecule has 1 aliphatic rings. The van der Waals surface area contributed by atoms with Gasteiger partial charge in [-0.1, -0.05) is 29.3 Å². The number of carbonyl (C=O) groups excluding carboxylic acids is 1. The molecule has 0 bridgehead atoms. The lowest BCUT2D eigenvalue weighted by molar-refractivity contribution is -0.385. The van der Waals surface area contributed by atoms with E-state index >= 15 is 0 Å². The first-order chi connectivity index (χ1) is 11.4. The number of anilines is 2. The molecule has 1 N–H and O–H groups in total. The third kappa shape index (κ3) is 3.02. The molecule has 0 atom stereocenters. The summed E-state index contributed by atoms with van der Waals surface area (Å²) in [6.07, 6.45) is 0.954. The van der Waals surface area contributed by atoms with Crippen molar-refractivity contribution in [1.82, 2.24) is 0 Å². The maximum absolute atomic E-state index is 12.5. The molecule has 0 saturated carbocycles. The van der Waals surface area contributed by atoms with Crippen LogP contribution in [0.25, 0.3) is 0 Å². The predicted molar refractivity (Wildman–Crippen MR) is 94.5 cm³/mol. The van der Waals surface area contributed by atoms with Gasteiger partial charge in [-0.3, -0.25) is 14.9 Å². The van der Waals surface area contributed by atoms with Crippen LogP contribution in [-0.4, -0.2) is 24.4 Å². The van der Waals surface area contributed by atoms with Crippen molar-refractivity contribution in [1.29, 1.82) is 0 Å². The Balaban J connectivity index is 1.94. The van der Waals surface area contributed by atoms with Crippen LogP contribution in [0.15, 0.2) is 30.3 Å². The lowest BCUT2D eigenvalue weighted by Gasteiger charge is -2.14. The van der Waals surface area contributed by atoms with E-state index in [1.54, 1.807) is 6.07 Å². The molecule has 6 nitrogen and oxygen atoms in total. The highest BCUT2D eigenvalue weighted by atomic mass is 35.5. The Morgan fingerprint density at radius 1 is 1.29 bits per heavy atom. The molecule has 0 radical (unpaired) electrons. The first kappa shape index (κ1) is 16.5. The number of nitrogens with zero attached hydrogens (tertiary/aromatic N) is 2. The van der Waals surface area contributed by atoms with E-state index < -0.39 is 16.5 Å². The van der Waals surface area contributed by atoms with E-state index in [1.807, 2.05) is 19.2 Å². The van der Waals surface area contributed by atoms with Crippen LogP contribution < -0.4 is 10.2 Å². The summed E-state index contributed by atoms with van der Waals surface area (Å²) in [7, 11) is 1.97. The number of nitro benzene ring substituents is 1. The number of hydrogen-bond donors (Lipinski definition) is 1. The highest BCUT2D eigenvalue weighted by Gasteiger charge is 2.25. The van der Waals surface area contributed by atoms with E-state index in [-0.39, 0.29) is 15.6 Å². The van der Waals surface area contributed by atoms with Crippen LogP contribution >= 0.6 is 23.2 Å². The second-order valence-electron chi connectivity index (χ2n) is 5.51. The summed E-state index contributed by atoms with van der Waals surface area (Å²) < 4.78 is 0. The Morgan fingerprint density at radius 2 is 2.04 bits per heavy atom. The molecule has 0 unspecified atom stereocenters. The van der Waals surface area contributed by atoms with Crippen LogP contribution in [0.1, 0.15) is 15.9 Å². The van der Waals surface area contributed by atoms with Crippen LogP contribution in [0.5, 0.6) is 0 Å². The van der Waals surface area contributed by atoms with Crippen LogP contribution in [0.4, 0.5) is 17.1 Å². The Morgan fingerprint density at radius 3 is 2.75 bits per heavy atom. The molecule has 3 rings (SSSR count). The predicted octanol–water partition coefficient (Wildman–Crippen LogP) is 4.15. The summed E-state index contributed by atoms with van der Waals surface area (Å²) in [6, 6.07) is 8.03. The Bertz CT molecular complexity index is 855. The van der Waals surface area contributed by atoms with Gasteiger partial charge in [-0.25, -0.2) is 0 Å². The fourth-order valence-electron chi connectivity index (χ4n) is 2.74. The van der Waals surface area contributed by atoms with Crippen molar-refractivity contribution in [3.63, 3.8) is 0 Å². The average Bonchev–Trinajstić information content (AvgIpc) is 2.87. The van der Waals surface area contributed by atoms with Crippen molar-refractivity contribution >= 4 is 46.2 Å². The molecule has 2 aromatic rings. The van der Waals surface area contributed by atoms with Crippen LogP contribution in [0, 0.1) is 10.1 Å². The molecule has 1 aliphatic heterocycles. The number of halogens is 2. The van der Waals surface area contributed by atoms with Gasteiger partial charge in [-0.05, 0) is 36.2 Å². The normalized spacial score (nSPS) is 12.9. The van der Waals surface area contributed by atoms with Gasteiger partial charge in [-0.15, -0.1) is 0 Å². The van der Waals surface area contributed by atoms with E-state index in [2.05, 4.69) is 10.2 Å². The number of nitro groups is 1. The van der Waals surface area contributed by atoms with Gasteiger partial charge in [0, 0.05) is 30.0 Å². The quantitative estimate of drug-likeness (QED) is 0.654. The first-order valence-corrected chi connectivity index (χ1v) is 7.91. The van der Waals surface area contributed by atoms with Gasteiger partial charge >= 0.3 is 5.69 Å². The molecule has 0 spiro atoms. The fraction of sp³-hybridized carbons (Fsp3) is 0.188. The molecule has 0 saturated heterocycles. The molecular formula is C16H13Cl2N3O3.